The van der Waals surface area contributed by atoms with Gasteiger partial charge in [-0.2, -0.15) is 0 Å². The van der Waals surface area contributed by atoms with Crippen molar-refractivity contribution in [3.05, 3.63) is 32.8 Å². The van der Waals surface area contributed by atoms with Crippen LogP contribution in [0.3, 0.4) is 0 Å². The first-order chi connectivity index (χ1) is 12.2. The minimum atomic E-state index is -3.92. The van der Waals surface area contributed by atoms with Crippen molar-refractivity contribution in [2.24, 2.45) is 0 Å². The van der Waals surface area contributed by atoms with E-state index in [1.54, 1.807) is 4.90 Å². The summed E-state index contributed by atoms with van der Waals surface area (Å²) >= 11 is 5.92. The maximum atomic E-state index is 12.4. The molecule has 0 aliphatic carbocycles. The van der Waals surface area contributed by atoms with E-state index in [1.807, 2.05) is 0 Å². The van der Waals surface area contributed by atoms with Gasteiger partial charge in [-0.25, -0.2) is 13.1 Å². The van der Waals surface area contributed by atoms with E-state index in [4.69, 9.17) is 11.6 Å². The number of hydrogen-bond donors (Lipinski definition) is 1. The third-order valence-electron chi connectivity index (χ3n) is 4.37. The van der Waals surface area contributed by atoms with Crippen molar-refractivity contribution < 1.29 is 18.1 Å². The predicted octanol–water partition coefficient (Wildman–Crippen LogP) is 2.63. The van der Waals surface area contributed by atoms with E-state index in [9.17, 15) is 23.3 Å². The van der Waals surface area contributed by atoms with Crippen LogP contribution in [0, 0.1) is 17.0 Å². The molecule has 0 unspecified atom stereocenters. The lowest BCUT2D eigenvalue weighted by Gasteiger charge is -2.20. The molecule has 8 nitrogen and oxygen atoms in total. The summed E-state index contributed by atoms with van der Waals surface area (Å²) in [6.07, 6.45) is 3.89. The quantitative estimate of drug-likeness (QED) is 0.427. The zero-order valence-electron chi connectivity index (χ0n) is 14.5. The molecule has 1 aliphatic rings. The molecule has 0 atom stereocenters. The highest BCUT2D eigenvalue weighted by atomic mass is 35.5. The second kappa shape index (κ2) is 8.79. The summed E-state index contributed by atoms with van der Waals surface area (Å²) in [5, 5.41) is 11.1. The molecule has 2 rings (SSSR count). The van der Waals surface area contributed by atoms with Gasteiger partial charge in [0.15, 0.2) is 0 Å². The van der Waals surface area contributed by atoms with Crippen LogP contribution in [-0.2, 0) is 14.8 Å². The SMILES string of the molecule is Cc1c(Cl)cc(S(=O)(=O)NCCCN2CCCCCC2=O)cc1[N+](=O)[O-]. The van der Waals surface area contributed by atoms with Crippen LogP contribution in [0.1, 0.15) is 37.7 Å². The highest BCUT2D eigenvalue weighted by molar-refractivity contribution is 7.89. The van der Waals surface area contributed by atoms with Crippen molar-refractivity contribution in [2.75, 3.05) is 19.6 Å². The number of carbonyl (C=O) groups excluding carboxylic acids is 1. The van der Waals surface area contributed by atoms with E-state index in [-0.39, 0.29) is 33.6 Å². The van der Waals surface area contributed by atoms with Crippen molar-refractivity contribution >= 4 is 33.2 Å². The summed E-state index contributed by atoms with van der Waals surface area (Å²) in [7, 11) is -3.92. The van der Waals surface area contributed by atoms with Gasteiger partial charge in [-0.3, -0.25) is 14.9 Å². The number of nitrogens with one attached hydrogen (secondary N) is 1. The number of likely N-dealkylation sites (tertiary alicyclic amines) is 1. The Bertz CT molecular complexity index is 797. The molecule has 26 heavy (non-hydrogen) atoms. The smallest absolute Gasteiger partial charge is 0.275 e. The number of nitro benzene ring substituents is 1. The number of halogens is 1. The van der Waals surface area contributed by atoms with Gasteiger partial charge in [-0.1, -0.05) is 18.0 Å². The molecule has 1 aromatic carbocycles. The van der Waals surface area contributed by atoms with E-state index < -0.39 is 14.9 Å². The highest BCUT2D eigenvalue weighted by Gasteiger charge is 2.22. The van der Waals surface area contributed by atoms with Gasteiger partial charge in [0.2, 0.25) is 15.9 Å². The summed E-state index contributed by atoms with van der Waals surface area (Å²) in [6.45, 7) is 2.77. The van der Waals surface area contributed by atoms with Crippen LogP contribution >= 0.6 is 11.6 Å². The van der Waals surface area contributed by atoms with E-state index in [1.165, 1.54) is 13.0 Å². The summed E-state index contributed by atoms with van der Waals surface area (Å²) in [4.78, 5) is 23.8. The minimum absolute atomic E-state index is 0.0229. The van der Waals surface area contributed by atoms with Gasteiger partial charge in [-0.15, -0.1) is 0 Å². The summed E-state index contributed by atoms with van der Waals surface area (Å²) in [5.41, 5.74) is -0.122. The molecule has 0 bridgehead atoms. The van der Waals surface area contributed by atoms with Gasteiger partial charge in [-0.05, 0) is 32.3 Å². The lowest BCUT2D eigenvalue weighted by Crippen LogP contribution is -2.34. The third kappa shape index (κ3) is 5.15. The molecule has 1 saturated heterocycles. The van der Waals surface area contributed by atoms with Gasteiger partial charge in [0.25, 0.3) is 5.69 Å². The zero-order valence-corrected chi connectivity index (χ0v) is 16.1. The number of amides is 1. The van der Waals surface area contributed by atoms with Crippen LogP contribution in [0.15, 0.2) is 17.0 Å². The normalized spacial score (nSPS) is 15.8. The van der Waals surface area contributed by atoms with Gasteiger partial charge >= 0.3 is 0 Å². The first-order valence-corrected chi connectivity index (χ1v) is 10.3. The topological polar surface area (TPSA) is 110 Å². The molecule has 1 fully saturated rings. The average Bonchev–Trinajstić information content (AvgIpc) is 2.78. The van der Waals surface area contributed by atoms with Gasteiger partial charge in [0.1, 0.15) is 0 Å². The Labute approximate surface area is 157 Å². The van der Waals surface area contributed by atoms with Crippen LogP contribution < -0.4 is 4.72 Å². The number of nitrogens with zero attached hydrogens (tertiary/aromatic N) is 2. The number of nitro groups is 1. The summed E-state index contributed by atoms with van der Waals surface area (Å²) in [5.74, 6) is 0.103. The molecule has 10 heteroatoms. The van der Waals surface area contributed by atoms with Crippen molar-refractivity contribution in [3.8, 4) is 0 Å². The fraction of sp³-hybridized carbons (Fsp3) is 0.562. The van der Waals surface area contributed by atoms with Gasteiger partial charge in [0, 0.05) is 37.7 Å². The second-order valence-corrected chi connectivity index (χ2v) is 8.42. The molecule has 1 aromatic rings. The maximum absolute atomic E-state index is 12.4. The lowest BCUT2D eigenvalue weighted by molar-refractivity contribution is -0.385. The molecular formula is C16H22ClN3O5S. The average molecular weight is 404 g/mol. The predicted molar refractivity (Wildman–Crippen MR) is 97.7 cm³/mol. The highest BCUT2D eigenvalue weighted by Crippen LogP contribution is 2.29. The molecule has 0 spiro atoms. The van der Waals surface area contributed by atoms with Crippen LogP contribution in [0.25, 0.3) is 0 Å². The largest absolute Gasteiger partial charge is 0.343 e. The van der Waals surface area contributed by atoms with Crippen molar-refractivity contribution in [1.82, 2.24) is 9.62 Å². The minimum Gasteiger partial charge on any atom is -0.343 e. The first-order valence-electron chi connectivity index (χ1n) is 8.44. The number of hydrogen-bond acceptors (Lipinski definition) is 5. The van der Waals surface area contributed by atoms with Crippen molar-refractivity contribution in [2.45, 2.75) is 43.9 Å². The Balaban J connectivity index is 1.98. The van der Waals surface area contributed by atoms with Crippen LogP contribution in [0.2, 0.25) is 5.02 Å². The molecular weight excluding hydrogens is 382 g/mol. The Kier molecular flexibility index (Phi) is 6.96. The molecule has 1 N–H and O–H groups in total. The zero-order chi connectivity index (χ0) is 19.3. The van der Waals surface area contributed by atoms with Gasteiger partial charge < -0.3 is 4.90 Å². The van der Waals surface area contributed by atoms with E-state index >= 15 is 0 Å². The fourth-order valence-electron chi connectivity index (χ4n) is 2.82. The first kappa shape index (κ1) is 20.6. The van der Waals surface area contributed by atoms with Crippen molar-refractivity contribution in [1.29, 1.82) is 0 Å². The number of rotatable bonds is 7. The molecule has 144 valence electrons. The Hall–Kier alpha value is -1.71. The van der Waals surface area contributed by atoms with Crippen LogP contribution in [0.4, 0.5) is 5.69 Å². The monoisotopic (exact) mass is 403 g/mol. The molecule has 0 saturated carbocycles. The van der Waals surface area contributed by atoms with Crippen LogP contribution in [0.5, 0.6) is 0 Å². The number of sulfonamides is 1. The Morgan fingerprint density at radius 2 is 2.04 bits per heavy atom. The number of benzene rings is 1. The Morgan fingerprint density at radius 1 is 1.31 bits per heavy atom. The summed E-state index contributed by atoms with van der Waals surface area (Å²) in [6, 6.07) is 2.20. The van der Waals surface area contributed by atoms with E-state index in [0.29, 0.717) is 25.9 Å². The van der Waals surface area contributed by atoms with E-state index in [2.05, 4.69) is 4.72 Å². The maximum Gasteiger partial charge on any atom is 0.275 e. The number of carbonyl (C=O) groups is 1. The Morgan fingerprint density at radius 3 is 2.73 bits per heavy atom. The van der Waals surface area contributed by atoms with Crippen LogP contribution in [-0.4, -0.2) is 43.8 Å². The molecule has 1 heterocycles. The lowest BCUT2D eigenvalue weighted by atomic mass is 10.2. The molecule has 0 radical (unpaired) electrons. The fourth-order valence-corrected chi connectivity index (χ4v) is 4.22. The van der Waals surface area contributed by atoms with Gasteiger partial charge in [0.05, 0.1) is 14.8 Å². The molecule has 1 aliphatic heterocycles. The summed E-state index contributed by atoms with van der Waals surface area (Å²) < 4.78 is 27.1. The third-order valence-corrected chi connectivity index (χ3v) is 6.20. The standard InChI is InChI=1S/C16H22ClN3O5S/c1-12-14(17)10-13(11-15(12)20(22)23)26(24,25)18-7-5-9-19-8-4-2-3-6-16(19)21/h10-11,18H,2-9H2,1H3. The van der Waals surface area contributed by atoms with E-state index in [0.717, 1.165) is 25.3 Å². The molecule has 1 amide bonds. The molecule has 0 aromatic heterocycles. The van der Waals surface area contributed by atoms with Crippen molar-refractivity contribution in [3.63, 3.8) is 0 Å². The second-order valence-electron chi connectivity index (χ2n) is 6.25.